The molecule has 0 radical (unpaired) electrons. The highest BCUT2D eigenvalue weighted by atomic mass is 35.5. The number of aromatic nitrogens is 4. The number of halogens is 1. The standard InChI is InChI=1S/C20H15ClN4O/c21-17(19-23-18-9-5-4-8-16(18)20(26)24-19)10-15-11-22-25(13-15)12-14-6-2-1-3-7-14/h1-11,13H,12H2,(H,23,24,26)/b17-10-. The molecule has 128 valence electrons. The molecule has 4 aromatic rings. The molecule has 0 amide bonds. The van der Waals surface area contributed by atoms with Crippen LogP contribution in [-0.4, -0.2) is 19.7 Å². The Morgan fingerprint density at radius 2 is 1.88 bits per heavy atom. The predicted molar refractivity (Wildman–Crippen MR) is 104 cm³/mol. The van der Waals surface area contributed by atoms with Gasteiger partial charge < -0.3 is 4.98 Å². The van der Waals surface area contributed by atoms with Gasteiger partial charge in [0, 0.05) is 11.8 Å². The topological polar surface area (TPSA) is 63.6 Å². The van der Waals surface area contributed by atoms with Crippen LogP contribution >= 0.6 is 11.6 Å². The molecule has 0 aliphatic heterocycles. The number of para-hydroxylation sites is 1. The third kappa shape index (κ3) is 3.43. The summed E-state index contributed by atoms with van der Waals surface area (Å²) in [7, 11) is 0. The molecule has 0 fully saturated rings. The van der Waals surface area contributed by atoms with Crippen molar-refractivity contribution in [3.8, 4) is 0 Å². The average molecular weight is 363 g/mol. The molecule has 6 heteroatoms. The molecule has 2 heterocycles. The van der Waals surface area contributed by atoms with E-state index in [0.717, 1.165) is 11.1 Å². The summed E-state index contributed by atoms with van der Waals surface area (Å²) in [6.45, 7) is 0.678. The minimum absolute atomic E-state index is 0.211. The second-order valence-electron chi connectivity index (χ2n) is 5.88. The van der Waals surface area contributed by atoms with Gasteiger partial charge in [-0.05, 0) is 23.8 Å². The first kappa shape index (κ1) is 16.3. The minimum atomic E-state index is -0.211. The number of nitrogens with zero attached hydrogens (tertiary/aromatic N) is 3. The molecule has 0 atom stereocenters. The van der Waals surface area contributed by atoms with Crippen molar-refractivity contribution in [1.82, 2.24) is 19.7 Å². The fourth-order valence-electron chi connectivity index (χ4n) is 2.73. The molecule has 0 saturated heterocycles. The van der Waals surface area contributed by atoms with E-state index in [-0.39, 0.29) is 5.56 Å². The van der Waals surface area contributed by atoms with Gasteiger partial charge >= 0.3 is 0 Å². The zero-order valence-corrected chi connectivity index (χ0v) is 14.5. The van der Waals surface area contributed by atoms with Gasteiger partial charge in [-0.3, -0.25) is 9.48 Å². The van der Waals surface area contributed by atoms with E-state index in [0.29, 0.717) is 28.3 Å². The number of nitrogens with one attached hydrogen (secondary N) is 1. The van der Waals surface area contributed by atoms with Crippen molar-refractivity contribution in [3.63, 3.8) is 0 Å². The van der Waals surface area contributed by atoms with Gasteiger partial charge in [0.25, 0.3) is 5.56 Å². The fourth-order valence-corrected chi connectivity index (χ4v) is 2.94. The molecule has 0 bridgehead atoms. The first-order valence-electron chi connectivity index (χ1n) is 8.12. The highest BCUT2D eigenvalue weighted by Gasteiger charge is 2.07. The Morgan fingerprint density at radius 1 is 1.12 bits per heavy atom. The summed E-state index contributed by atoms with van der Waals surface area (Å²) < 4.78 is 1.84. The van der Waals surface area contributed by atoms with E-state index in [1.807, 2.05) is 47.3 Å². The number of hydrogen-bond donors (Lipinski definition) is 1. The first-order chi connectivity index (χ1) is 12.7. The number of hydrogen-bond acceptors (Lipinski definition) is 3. The summed E-state index contributed by atoms with van der Waals surface area (Å²) in [6, 6.07) is 17.2. The summed E-state index contributed by atoms with van der Waals surface area (Å²) >= 11 is 6.37. The minimum Gasteiger partial charge on any atom is -0.305 e. The second-order valence-corrected chi connectivity index (χ2v) is 6.29. The normalized spacial score (nSPS) is 11.8. The van der Waals surface area contributed by atoms with Crippen LogP contribution in [0.5, 0.6) is 0 Å². The molecule has 0 aliphatic rings. The van der Waals surface area contributed by atoms with Crippen molar-refractivity contribution in [2.24, 2.45) is 0 Å². The van der Waals surface area contributed by atoms with Gasteiger partial charge in [-0.15, -0.1) is 0 Å². The number of H-pyrrole nitrogens is 1. The Hall–Kier alpha value is -3.18. The second kappa shape index (κ2) is 6.98. The molecule has 1 N–H and O–H groups in total. The molecular formula is C20H15ClN4O. The zero-order valence-electron chi connectivity index (χ0n) is 13.8. The van der Waals surface area contributed by atoms with E-state index in [2.05, 4.69) is 15.1 Å². The van der Waals surface area contributed by atoms with Gasteiger partial charge in [-0.25, -0.2) is 4.98 Å². The van der Waals surface area contributed by atoms with E-state index in [1.54, 1.807) is 30.5 Å². The lowest BCUT2D eigenvalue weighted by molar-refractivity contribution is 0.687. The lowest BCUT2D eigenvalue weighted by Gasteiger charge is -2.01. The quantitative estimate of drug-likeness (QED) is 0.598. The van der Waals surface area contributed by atoms with Gasteiger partial charge in [0.1, 0.15) is 0 Å². The Labute approximate surface area is 154 Å². The summed E-state index contributed by atoms with van der Waals surface area (Å²) in [5.41, 5.74) is 2.40. The first-order valence-corrected chi connectivity index (χ1v) is 8.50. The third-order valence-corrected chi connectivity index (χ3v) is 4.26. The molecule has 4 rings (SSSR count). The van der Waals surface area contributed by atoms with Crippen molar-refractivity contribution in [3.05, 3.63) is 94.3 Å². The number of fused-ring (bicyclic) bond motifs is 1. The van der Waals surface area contributed by atoms with Crippen molar-refractivity contribution >= 4 is 33.6 Å². The Bertz CT molecular complexity index is 1150. The van der Waals surface area contributed by atoms with Gasteiger partial charge in [0.15, 0.2) is 5.82 Å². The highest BCUT2D eigenvalue weighted by Crippen LogP contribution is 2.19. The predicted octanol–water partition coefficient (Wildman–Crippen LogP) is 3.90. The maximum Gasteiger partial charge on any atom is 0.259 e. The molecule has 0 spiro atoms. The number of aromatic amines is 1. The van der Waals surface area contributed by atoms with E-state index in [4.69, 9.17) is 11.6 Å². The van der Waals surface area contributed by atoms with Crippen LogP contribution in [0.15, 0.2) is 71.8 Å². The largest absolute Gasteiger partial charge is 0.305 e. The Morgan fingerprint density at radius 3 is 2.73 bits per heavy atom. The Balaban J connectivity index is 1.61. The monoisotopic (exact) mass is 362 g/mol. The van der Waals surface area contributed by atoms with Crippen molar-refractivity contribution in [2.75, 3.05) is 0 Å². The summed E-state index contributed by atoms with van der Waals surface area (Å²) in [5.74, 6) is 0.339. The van der Waals surface area contributed by atoms with Crippen LogP contribution in [-0.2, 0) is 6.54 Å². The summed E-state index contributed by atoms with van der Waals surface area (Å²) in [5, 5.41) is 5.24. The summed E-state index contributed by atoms with van der Waals surface area (Å²) in [6.07, 6.45) is 5.36. The van der Waals surface area contributed by atoms with E-state index in [1.165, 1.54) is 0 Å². The average Bonchev–Trinajstić information content (AvgIpc) is 3.09. The van der Waals surface area contributed by atoms with Crippen LogP contribution in [0.25, 0.3) is 22.0 Å². The Kier molecular flexibility index (Phi) is 4.37. The fraction of sp³-hybridized carbons (Fsp3) is 0.0500. The van der Waals surface area contributed by atoms with Crippen molar-refractivity contribution in [1.29, 1.82) is 0 Å². The van der Waals surface area contributed by atoms with E-state index >= 15 is 0 Å². The maximum absolute atomic E-state index is 12.2. The van der Waals surface area contributed by atoms with Crippen LogP contribution in [0, 0.1) is 0 Å². The van der Waals surface area contributed by atoms with Crippen molar-refractivity contribution < 1.29 is 0 Å². The van der Waals surface area contributed by atoms with Gasteiger partial charge in [0.05, 0.1) is 28.7 Å². The lowest BCUT2D eigenvalue weighted by Crippen LogP contribution is -2.10. The van der Waals surface area contributed by atoms with Crippen LogP contribution in [0.2, 0.25) is 0 Å². The summed E-state index contributed by atoms with van der Waals surface area (Å²) in [4.78, 5) is 19.3. The van der Waals surface area contributed by atoms with Gasteiger partial charge in [0.2, 0.25) is 0 Å². The molecular weight excluding hydrogens is 348 g/mol. The third-order valence-electron chi connectivity index (χ3n) is 3.97. The molecule has 5 nitrogen and oxygen atoms in total. The molecule has 2 aromatic heterocycles. The molecule has 0 unspecified atom stereocenters. The van der Waals surface area contributed by atoms with E-state index < -0.39 is 0 Å². The zero-order chi connectivity index (χ0) is 17.9. The van der Waals surface area contributed by atoms with Crippen LogP contribution < -0.4 is 5.56 Å². The van der Waals surface area contributed by atoms with Crippen LogP contribution in [0.3, 0.4) is 0 Å². The maximum atomic E-state index is 12.2. The van der Waals surface area contributed by atoms with Crippen LogP contribution in [0.4, 0.5) is 0 Å². The van der Waals surface area contributed by atoms with Crippen molar-refractivity contribution in [2.45, 2.75) is 6.54 Å². The van der Waals surface area contributed by atoms with Gasteiger partial charge in [-0.2, -0.15) is 5.10 Å². The smallest absolute Gasteiger partial charge is 0.259 e. The van der Waals surface area contributed by atoms with Gasteiger partial charge in [-0.1, -0.05) is 54.1 Å². The number of rotatable bonds is 4. The molecule has 26 heavy (non-hydrogen) atoms. The SMILES string of the molecule is O=c1[nH]c(/C(Cl)=C/c2cnn(Cc3ccccc3)c2)nc2ccccc12. The highest BCUT2D eigenvalue weighted by molar-refractivity contribution is 6.50. The van der Waals surface area contributed by atoms with E-state index in [9.17, 15) is 4.79 Å². The van der Waals surface area contributed by atoms with Crippen LogP contribution in [0.1, 0.15) is 17.0 Å². The molecule has 0 aliphatic carbocycles. The number of benzene rings is 2. The lowest BCUT2D eigenvalue weighted by atomic mass is 10.2. The molecule has 2 aromatic carbocycles. The molecule has 0 saturated carbocycles.